The van der Waals surface area contributed by atoms with Gasteiger partial charge in [0.1, 0.15) is 12.0 Å². The molecule has 92 valence electrons. The standard InChI is InChI=1S/C13H16ClNO2/c1-10-2-4-11(5-3-10)12-9-15(6-7-17-12)13(16)8-14/h2-5,12H,6-9H2,1H3. The average Bonchev–Trinajstić information content (AvgIpc) is 2.39. The van der Waals surface area contributed by atoms with Crippen LogP contribution in [0.5, 0.6) is 0 Å². The summed E-state index contributed by atoms with van der Waals surface area (Å²) in [5.41, 5.74) is 2.33. The van der Waals surface area contributed by atoms with Crippen molar-refractivity contribution in [3.8, 4) is 0 Å². The number of carbonyl (C=O) groups is 1. The molecule has 3 nitrogen and oxygen atoms in total. The van der Waals surface area contributed by atoms with Gasteiger partial charge in [0, 0.05) is 6.54 Å². The fourth-order valence-electron chi connectivity index (χ4n) is 1.94. The Kier molecular flexibility index (Phi) is 4.02. The average molecular weight is 254 g/mol. The lowest BCUT2D eigenvalue weighted by Gasteiger charge is -2.32. The van der Waals surface area contributed by atoms with Crippen LogP contribution in [0.4, 0.5) is 0 Å². The van der Waals surface area contributed by atoms with Crippen molar-refractivity contribution in [1.82, 2.24) is 4.90 Å². The third-order valence-electron chi connectivity index (χ3n) is 2.98. The van der Waals surface area contributed by atoms with Crippen LogP contribution in [0, 0.1) is 6.92 Å². The number of alkyl halides is 1. The monoisotopic (exact) mass is 253 g/mol. The van der Waals surface area contributed by atoms with Crippen LogP contribution in [-0.4, -0.2) is 36.4 Å². The second kappa shape index (κ2) is 5.52. The molecule has 1 fully saturated rings. The SMILES string of the molecule is Cc1ccc(C2CN(C(=O)CCl)CCO2)cc1. The van der Waals surface area contributed by atoms with E-state index >= 15 is 0 Å². The highest BCUT2D eigenvalue weighted by molar-refractivity contribution is 6.27. The number of morpholine rings is 1. The minimum Gasteiger partial charge on any atom is -0.370 e. The summed E-state index contributed by atoms with van der Waals surface area (Å²) in [6, 6.07) is 8.21. The van der Waals surface area contributed by atoms with Crippen LogP contribution in [0.25, 0.3) is 0 Å². The molecule has 0 spiro atoms. The first-order valence-corrected chi connectivity index (χ1v) is 6.26. The predicted octanol–water partition coefficient (Wildman–Crippen LogP) is 2.13. The molecule has 0 bridgehead atoms. The number of benzene rings is 1. The summed E-state index contributed by atoms with van der Waals surface area (Å²) in [6.07, 6.45) is -0.0310. The third-order valence-corrected chi connectivity index (χ3v) is 3.21. The molecule has 1 amide bonds. The first-order chi connectivity index (χ1) is 8.20. The fourth-order valence-corrected chi connectivity index (χ4v) is 2.11. The van der Waals surface area contributed by atoms with Crippen molar-refractivity contribution < 1.29 is 9.53 Å². The van der Waals surface area contributed by atoms with Gasteiger partial charge in [-0.15, -0.1) is 11.6 Å². The highest BCUT2D eigenvalue weighted by Crippen LogP contribution is 2.22. The molecule has 1 aliphatic rings. The van der Waals surface area contributed by atoms with Crippen LogP contribution in [-0.2, 0) is 9.53 Å². The van der Waals surface area contributed by atoms with Gasteiger partial charge in [0.25, 0.3) is 0 Å². The van der Waals surface area contributed by atoms with Crippen molar-refractivity contribution in [3.05, 3.63) is 35.4 Å². The Labute approximate surface area is 106 Å². The molecule has 1 saturated heterocycles. The van der Waals surface area contributed by atoms with Gasteiger partial charge in [-0.2, -0.15) is 0 Å². The summed E-state index contributed by atoms with van der Waals surface area (Å²) in [5, 5.41) is 0. The minimum atomic E-state index is -0.0310. The smallest absolute Gasteiger partial charge is 0.237 e. The Bertz CT molecular complexity index is 391. The molecular formula is C13H16ClNO2. The molecule has 1 atom stereocenters. The lowest BCUT2D eigenvalue weighted by atomic mass is 10.1. The Morgan fingerprint density at radius 2 is 2.18 bits per heavy atom. The van der Waals surface area contributed by atoms with E-state index in [1.165, 1.54) is 5.56 Å². The first-order valence-electron chi connectivity index (χ1n) is 5.72. The Hall–Kier alpha value is -1.06. The van der Waals surface area contributed by atoms with Crippen molar-refractivity contribution in [3.63, 3.8) is 0 Å². The molecule has 1 unspecified atom stereocenters. The normalized spacial score (nSPS) is 20.4. The van der Waals surface area contributed by atoms with Crippen molar-refractivity contribution in [2.75, 3.05) is 25.6 Å². The number of carbonyl (C=O) groups excluding carboxylic acids is 1. The largest absolute Gasteiger partial charge is 0.370 e. The quantitative estimate of drug-likeness (QED) is 0.756. The van der Waals surface area contributed by atoms with Gasteiger partial charge in [0.15, 0.2) is 0 Å². The molecule has 17 heavy (non-hydrogen) atoms. The van der Waals surface area contributed by atoms with Crippen LogP contribution in [0.1, 0.15) is 17.2 Å². The zero-order chi connectivity index (χ0) is 12.3. The third kappa shape index (κ3) is 2.99. The van der Waals surface area contributed by atoms with E-state index in [0.717, 1.165) is 5.56 Å². The lowest BCUT2D eigenvalue weighted by Crippen LogP contribution is -2.42. The van der Waals surface area contributed by atoms with Crippen molar-refractivity contribution in [2.45, 2.75) is 13.0 Å². The van der Waals surface area contributed by atoms with Crippen molar-refractivity contribution in [1.29, 1.82) is 0 Å². The van der Waals surface area contributed by atoms with Gasteiger partial charge in [-0.25, -0.2) is 0 Å². The van der Waals surface area contributed by atoms with Gasteiger partial charge in [-0.1, -0.05) is 29.8 Å². The second-order valence-electron chi connectivity index (χ2n) is 4.24. The Morgan fingerprint density at radius 3 is 2.82 bits per heavy atom. The van der Waals surface area contributed by atoms with Gasteiger partial charge in [0.2, 0.25) is 5.91 Å². The first kappa shape index (κ1) is 12.4. The van der Waals surface area contributed by atoms with Gasteiger partial charge in [-0.3, -0.25) is 4.79 Å². The maximum atomic E-state index is 11.5. The maximum absolute atomic E-state index is 11.5. The van der Waals surface area contributed by atoms with Crippen LogP contribution in [0.3, 0.4) is 0 Å². The maximum Gasteiger partial charge on any atom is 0.237 e. The molecule has 0 radical (unpaired) electrons. The van der Waals surface area contributed by atoms with Crippen LogP contribution >= 0.6 is 11.6 Å². The van der Waals surface area contributed by atoms with E-state index in [0.29, 0.717) is 19.7 Å². The van der Waals surface area contributed by atoms with Gasteiger partial charge < -0.3 is 9.64 Å². The molecule has 1 heterocycles. The fraction of sp³-hybridized carbons (Fsp3) is 0.462. The van der Waals surface area contributed by atoms with E-state index in [-0.39, 0.29) is 17.9 Å². The molecule has 1 aromatic carbocycles. The molecule has 1 aliphatic heterocycles. The predicted molar refractivity (Wildman–Crippen MR) is 67.2 cm³/mol. The number of halogens is 1. The summed E-state index contributed by atoms with van der Waals surface area (Å²) in [4.78, 5) is 13.3. The topological polar surface area (TPSA) is 29.5 Å². The van der Waals surface area contributed by atoms with E-state index in [1.807, 2.05) is 0 Å². The Morgan fingerprint density at radius 1 is 1.47 bits per heavy atom. The van der Waals surface area contributed by atoms with Crippen molar-refractivity contribution in [2.24, 2.45) is 0 Å². The van der Waals surface area contributed by atoms with E-state index in [1.54, 1.807) is 4.90 Å². The summed E-state index contributed by atoms with van der Waals surface area (Å²) >= 11 is 5.57. The van der Waals surface area contributed by atoms with Gasteiger partial charge >= 0.3 is 0 Å². The van der Waals surface area contributed by atoms with Gasteiger partial charge in [0.05, 0.1) is 13.2 Å². The number of ether oxygens (including phenoxy) is 1. The van der Waals surface area contributed by atoms with E-state index in [9.17, 15) is 4.79 Å². The van der Waals surface area contributed by atoms with Crippen LogP contribution in [0.2, 0.25) is 0 Å². The molecule has 0 saturated carbocycles. The van der Waals surface area contributed by atoms with Gasteiger partial charge in [-0.05, 0) is 12.5 Å². The summed E-state index contributed by atoms with van der Waals surface area (Å²) in [7, 11) is 0. The van der Waals surface area contributed by atoms with E-state index < -0.39 is 0 Å². The summed E-state index contributed by atoms with van der Waals surface area (Å²) in [5.74, 6) is 0.0211. The molecule has 0 N–H and O–H groups in total. The lowest BCUT2D eigenvalue weighted by molar-refractivity contribution is -0.136. The van der Waals surface area contributed by atoms with E-state index in [2.05, 4.69) is 31.2 Å². The number of hydrogen-bond donors (Lipinski definition) is 0. The Balaban J connectivity index is 2.06. The van der Waals surface area contributed by atoms with Crippen molar-refractivity contribution >= 4 is 17.5 Å². The molecule has 0 aromatic heterocycles. The zero-order valence-corrected chi connectivity index (χ0v) is 10.6. The molecule has 2 rings (SSSR count). The number of nitrogens with zero attached hydrogens (tertiary/aromatic N) is 1. The van der Waals surface area contributed by atoms with Crippen LogP contribution in [0.15, 0.2) is 24.3 Å². The molecule has 4 heteroatoms. The number of aryl methyl sites for hydroxylation is 1. The second-order valence-corrected chi connectivity index (χ2v) is 4.51. The minimum absolute atomic E-state index is 0.0212. The molecule has 0 aliphatic carbocycles. The number of amides is 1. The molecule has 1 aromatic rings. The summed E-state index contributed by atoms with van der Waals surface area (Å²) < 4.78 is 5.69. The summed E-state index contributed by atoms with van der Waals surface area (Å²) in [6.45, 7) is 3.85. The number of rotatable bonds is 2. The zero-order valence-electron chi connectivity index (χ0n) is 9.86. The highest BCUT2D eigenvalue weighted by atomic mass is 35.5. The highest BCUT2D eigenvalue weighted by Gasteiger charge is 2.24. The molecular weight excluding hydrogens is 238 g/mol. The van der Waals surface area contributed by atoms with Crippen LogP contribution < -0.4 is 0 Å². The van der Waals surface area contributed by atoms with E-state index in [4.69, 9.17) is 16.3 Å². The number of hydrogen-bond acceptors (Lipinski definition) is 2.